The van der Waals surface area contributed by atoms with Gasteiger partial charge in [0, 0.05) is 32.1 Å². The molecule has 26 heavy (non-hydrogen) atoms. The van der Waals surface area contributed by atoms with Crippen LogP contribution >= 0.6 is 12.4 Å². The Morgan fingerprint density at radius 1 is 1.19 bits per heavy atom. The van der Waals surface area contributed by atoms with Crippen LogP contribution in [0.2, 0.25) is 0 Å². The number of rotatable bonds is 5. The van der Waals surface area contributed by atoms with Crippen molar-refractivity contribution >= 4 is 24.3 Å². The molecular formula is C17H28ClN7O. The Hall–Kier alpha value is -1.93. The Balaban J connectivity index is 0.00000243. The number of carbonyl (C=O) groups excluding carboxylic acids is 1. The average Bonchev–Trinajstić information content (AvgIpc) is 3.07. The number of piperidine rings is 1. The topological polar surface area (TPSA) is 89.7 Å². The third kappa shape index (κ3) is 4.42. The number of aromatic nitrogens is 5. The van der Waals surface area contributed by atoms with Crippen molar-refractivity contribution < 1.29 is 4.79 Å². The molecular weight excluding hydrogens is 354 g/mol. The van der Waals surface area contributed by atoms with Crippen LogP contribution in [-0.2, 0) is 25.3 Å². The van der Waals surface area contributed by atoms with E-state index in [1.54, 1.807) is 4.68 Å². The fourth-order valence-corrected chi connectivity index (χ4v) is 3.37. The number of nitrogens with one attached hydrogen (secondary N) is 2. The Morgan fingerprint density at radius 2 is 1.88 bits per heavy atom. The summed E-state index contributed by atoms with van der Waals surface area (Å²) in [5, 5.41) is 15.1. The van der Waals surface area contributed by atoms with Gasteiger partial charge in [0.2, 0.25) is 11.9 Å². The maximum atomic E-state index is 12.3. The molecule has 0 aliphatic carbocycles. The zero-order valence-electron chi connectivity index (χ0n) is 15.9. The second-order valence-corrected chi connectivity index (χ2v) is 6.76. The van der Waals surface area contributed by atoms with Gasteiger partial charge >= 0.3 is 0 Å². The summed E-state index contributed by atoms with van der Waals surface area (Å²) in [6.45, 7) is 6.00. The van der Waals surface area contributed by atoms with Crippen molar-refractivity contribution in [1.82, 2.24) is 29.9 Å². The van der Waals surface area contributed by atoms with Gasteiger partial charge in [0.1, 0.15) is 0 Å². The van der Waals surface area contributed by atoms with E-state index in [9.17, 15) is 4.79 Å². The zero-order valence-corrected chi connectivity index (χ0v) is 16.7. The molecule has 2 aromatic rings. The maximum Gasteiger partial charge on any atom is 0.227 e. The van der Waals surface area contributed by atoms with Crippen molar-refractivity contribution in [3.05, 3.63) is 22.8 Å². The lowest BCUT2D eigenvalue weighted by atomic mass is 9.98. The van der Waals surface area contributed by atoms with Crippen LogP contribution in [-0.4, -0.2) is 43.5 Å². The lowest BCUT2D eigenvalue weighted by molar-refractivity contribution is -0.116. The number of aryl methyl sites for hydroxylation is 3. The van der Waals surface area contributed by atoms with E-state index in [-0.39, 0.29) is 18.3 Å². The van der Waals surface area contributed by atoms with Gasteiger partial charge < -0.3 is 5.32 Å². The van der Waals surface area contributed by atoms with Crippen molar-refractivity contribution in [2.24, 2.45) is 14.1 Å². The number of halogens is 1. The van der Waals surface area contributed by atoms with E-state index in [4.69, 9.17) is 0 Å². The molecule has 0 saturated carbocycles. The van der Waals surface area contributed by atoms with Gasteiger partial charge in [-0.1, -0.05) is 0 Å². The van der Waals surface area contributed by atoms with Crippen molar-refractivity contribution in [2.75, 3.05) is 18.4 Å². The summed E-state index contributed by atoms with van der Waals surface area (Å²) in [5.41, 5.74) is 3.24. The number of hydrogen-bond acceptors (Lipinski definition) is 5. The number of nitrogens with zero attached hydrogens (tertiary/aromatic N) is 5. The minimum absolute atomic E-state index is 0. The van der Waals surface area contributed by atoms with Gasteiger partial charge in [-0.3, -0.25) is 14.8 Å². The molecule has 0 atom stereocenters. The van der Waals surface area contributed by atoms with Gasteiger partial charge in [-0.15, -0.1) is 12.4 Å². The number of anilines is 1. The van der Waals surface area contributed by atoms with Gasteiger partial charge in [0.05, 0.1) is 5.69 Å². The molecule has 0 spiro atoms. The standard InChI is InChI=1S/C17H27N7O.ClH/c1-11-14(12(2)23(3)21-11)5-6-15(25)19-17-20-16(22-24(17)4)13-7-9-18-10-8-13;/h13,18H,5-10H2,1-4H3,(H,19,20,22,25);1H. The summed E-state index contributed by atoms with van der Waals surface area (Å²) in [6.07, 6.45) is 3.16. The minimum atomic E-state index is -0.0463. The molecule has 1 aliphatic heterocycles. The fourth-order valence-electron chi connectivity index (χ4n) is 3.37. The van der Waals surface area contributed by atoms with Gasteiger partial charge in [0.25, 0.3) is 0 Å². The van der Waals surface area contributed by atoms with Crippen LogP contribution in [0.25, 0.3) is 0 Å². The highest BCUT2D eigenvalue weighted by Crippen LogP contribution is 2.23. The van der Waals surface area contributed by atoms with Crippen LogP contribution in [0.5, 0.6) is 0 Å². The van der Waals surface area contributed by atoms with E-state index in [0.29, 0.717) is 24.7 Å². The monoisotopic (exact) mass is 381 g/mol. The lowest BCUT2D eigenvalue weighted by Crippen LogP contribution is -2.27. The molecule has 9 heteroatoms. The van der Waals surface area contributed by atoms with Crippen LogP contribution in [0.4, 0.5) is 5.95 Å². The molecule has 8 nitrogen and oxygen atoms in total. The van der Waals surface area contributed by atoms with Crippen LogP contribution in [0.3, 0.4) is 0 Å². The highest BCUT2D eigenvalue weighted by Gasteiger charge is 2.21. The first-order chi connectivity index (χ1) is 12.0. The van der Waals surface area contributed by atoms with Crippen LogP contribution in [0, 0.1) is 13.8 Å². The van der Waals surface area contributed by atoms with E-state index >= 15 is 0 Å². The van der Waals surface area contributed by atoms with Crippen LogP contribution in [0.1, 0.15) is 48.0 Å². The molecule has 1 saturated heterocycles. The number of hydrogen-bond donors (Lipinski definition) is 2. The van der Waals surface area contributed by atoms with Crippen LogP contribution < -0.4 is 10.6 Å². The molecule has 0 aromatic carbocycles. The molecule has 3 rings (SSSR count). The third-order valence-corrected chi connectivity index (χ3v) is 5.00. The number of amides is 1. The second kappa shape index (κ2) is 8.64. The van der Waals surface area contributed by atoms with Crippen molar-refractivity contribution in [2.45, 2.75) is 45.4 Å². The Bertz CT molecular complexity index is 761. The molecule has 0 radical (unpaired) electrons. The highest BCUT2D eigenvalue weighted by atomic mass is 35.5. The average molecular weight is 382 g/mol. The largest absolute Gasteiger partial charge is 0.317 e. The smallest absolute Gasteiger partial charge is 0.227 e. The fraction of sp³-hybridized carbons (Fsp3) is 0.647. The summed E-state index contributed by atoms with van der Waals surface area (Å²) in [5.74, 6) is 1.69. The number of carbonyl (C=O) groups is 1. The predicted molar refractivity (Wildman–Crippen MR) is 103 cm³/mol. The summed E-state index contributed by atoms with van der Waals surface area (Å²) in [6, 6.07) is 0. The molecule has 2 N–H and O–H groups in total. The maximum absolute atomic E-state index is 12.3. The first-order valence-electron chi connectivity index (χ1n) is 8.86. The minimum Gasteiger partial charge on any atom is -0.317 e. The van der Waals surface area contributed by atoms with Crippen molar-refractivity contribution in [3.8, 4) is 0 Å². The molecule has 1 amide bonds. The predicted octanol–water partition coefficient (Wildman–Crippen LogP) is 1.63. The van der Waals surface area contributed by atoms with Crippen molar-refractivity contribution in [3.63, 3.8) is 0 Å². The summed E-state index contributed by atoms with van der Waals surface area (Å²) in [7, 11) is 3.75. The molecule has 0 bridgehead atoms. The summed E-state index contributed by atoms with van der Waals surface area (Å²) < 4.78 is 3.52. The first kappa shape index (κ1) is 20.4. The van der Waals surface area contributed by atoms with E-state index in [1.165, 1.54) is 0 Å². The summed E-state index contributed by atoms with van der Waals surface area (Å²) >= 11 is 0. The zero-order chi connectivity index (χ0) is 18.0. The summed E-state index contributed by atoms with van der Waals surface area (Å²) in [4.78, 5) is 16.9. The van der Waals surface area contributed by atoms with Gasteiger partial charge in [0.15, 0.2) is 5.82 Å². The molecule has 1 fully saturated rings. The molecule has 2 aromatic heterocycles. The van der Waals surface area contributed by atoms with E-state index < -0.39 is 0 Å². The van der Waals surface area contributed by atoms with Gasteiger partial charge in [-0.25, -0.2) is 4.68 Å². The third-order valence-electron chi connectivity index (χ3n) is 5.00. The Morgan fingerprint density at radius 3 is 2.50 bits per heavy atom. The van der Waals surface area contributed by atoms with E-state index in [2.05, 4.69) is 25.8 Å². The molecule has 0 unspecified atom stereocenters. The van der Waals surface area contributed by atoms with Gasteiger partial charge in [-0.05, 0) is 51.8 Å². The Kier molecular flexibility index (Phi) is 6.77. The quantitative estimate of drug-likeness (QED) is 0.821. The lowest BCUT2D eigenvalue weighted by Gasteiger charge is -2.19. The molecule has 3 heterocycles. The first-order valence-corrected chi connectivity index (χ1v) is 8.86. The second-order valence-electron chi connectivity index (χ2n) is 6.76. The van der Waals surface area contributed by atoms with Crippen LogP contribution in [0.15, 0.2) is 0 Å². The highest BCUT2D eigenvalue weighted by molar-refractivity contribution is 5.89. The van der Waals surface area contributed by atoms with E-state index in [0.717, 1.165) is 48.7 Å². The molecule has 144 valence electrons. The van der Waals surface area contributed by atoms with Gasteiger partial charge in [-0.2, -0.15) is 15.2 Å². The van der Waals surface area contributed by atoms with E-state index in [1.807, 2.05) is 32.6 Å². The van der Waals surface area contributed by atoms with Crippen molar-refractivity contribution in [1.29, 1.82) is 0 Å². The normalized spacial score (nSPS) is 14.9. The molecule has 1 aliphatic rings. The Labute approximate surface area is 160 Å². The SMILES string of the molecule is Cc1nn(C)c(C)c1CCC(=O)Nc1nc(C2CCNCC2)nn1C.Cl.